The van der Waals surface area contributed by atoms with Crippen molar-refractivity contribution in [2.75, 3.05) is 6.61 Å². The van der Waals surface area contributed by atoms with E-state index in [-0.39, 0.29) is 16.9 Å². The fourth-order valence-electron chi connectivity index (χ4n) is 1.40. The predicted octanol–water partition coefficient (Wildman–Crippen LogP) is 3.05. The van der Waals surface area contributed by atoms with Gasteiger partial charge in [0.1, 0.15) is 0 Å². The van der Waals surface area contributed by atoms with Gasteiger partial charge in [0.2, 0.25) is 0 Å². The van der Waals surface area contributed by atoms with E-state index in [1.807, 2.05) is 40.7 Å². The lowest BCUT2D eigenvalue weighted by molar-refractivity contribution is 0.203. The van der Waals surface area contributed by atoms with E-state index in [1.165, 1.54) is 0 Å². The lowest BCUT2D eigenvalue weighted by Crippen LogP contribution is -2.18. The number of hydrogen-bond acceptors (Lipinski definition) is 3. The predicted molar refractivity (Wildman–Crippen MR) is 68.5 cm³/mol. The molecule has 0 unspecified atom stereocenters. The summed E-state index contributed by atoms with van der Waals surface area (Å²) in [5.41, 5.74) is 1.66. The van der Waals surface area contributed by atoms with Crippen LogP contribution in [0.25, 0.3) is 0 Å². The van der Waals surface area contributed by atoms with E-state index < -0.39 is 10.1 Å². The van der Waals surface area contributed by atoms with Crippen molar-refractivity contribution < 1.29 is 12.6 Å². The van der Waals surface area contributed by atoms with Crippen molar-refractivity contribution in [1.82, 2.24) is 0 Å². The van der Waals surface area contributed by atoms with Crippen LogP contribution in [0, 0.1) is 19.3 Å². The van der Waals surface area contributed by atoms with Crippen molar-refractivity contribution in [3.63, 3.8) is 0 Å². The highest BCUT2D eigenvalue weighted by molar-refractivity contribution is 7.86. The van der Waals surface area contributed by atoms with Crippen molar-refractivity contribution in [1.29, 1.82) is 0 Å². The monoisotopic (exact) mass is 256 g/mol. The molecule has 0 radical (unpaired) electrons. The molecule has 0 aliphatic rings. The van der Waals surface area contributed by atoms with Gasteiger partial charge in [-0.2, -0.15) is 8.42 Å². The largest absolute Gasteiger partial charge is 0.297 e. The van der Waals surface area contributed by atoms with Gasteiger partial charge in [0.05, 0.1) is 11.5 Å². The molecule has 0 aliphatic carbocycles. The molecule has 0 aromatic heterocycles. The molecule has 1 aromatic rings. The molecule has 17 heavy (non-hydrogen) atoms. The minimum absolute atomic E-state index is 0.175. The van der Waals surface area contributed by atoms with Crippen LogP contribution in [-0.4, -0.2) is 15.0 Å². The van der Waals surface area contributed by atoms with E-state index in [9.17, 15) is 8.42 Å². The summed E-state index contributed by atoms with van der Waals surface area (Å²) in [6.45, 7) is 9.73. The van der Waals surface area contributed by atoms with Gasteiger partial charge in [0.25, 0.3) is 10.1 Å². The Labute approximate surface area is 104 Å². The molecular formula is C13H20O3S. The van der Waals surface area contributed by atoms with E-state index in [4.69, 9.17) is 4.18 Å². The molecule has 0 heterocycles. The van der Waals surface area contributed by atoms with Crippen molar-refractivity contribution in [3.8, 4) is 0 Å². The van der Waals surface area contributed by atoms with Gasteiger partial charge in [0.15, 0.2) is 0 Å². The Morgan fingerprint density at radius 1 is 1.06 bits per heavy atom. The third kappa shape index (κ3) is 4.48. The van der Waals surface area contributed by atoms with Gasteiger partial charge in [-0.05, 0) is 42.5 Å². The van der Waals surface area contributed by atoms with E-state index in [1.54, 1.807) is 12.1 Å². The molecule has 0 aliphatic heterocycles. The third-order valence-corrected chi connectivity index (χ3v) is 3.37. The van der Waals surface area contributed by atoms with Crippen LogP contribution in [0.1, 0.15) is 31.9 Å². The van der Waals surface area contributed by atoms with Crippen molar-refractivity contribution >= 4 is 10.1 Å². The SMILES string of the molecule is Cc1cc(C)cc(S(=O)(=O)OCC(C)(C)C)c1. The number of hydrogen-bond donors (Lipinski definition) is 0. The summed E-state index contributed by atoms with van der Waals surface area (Å²) < 4.78 is 29.0. The van der Waals surface area contributed by atoms with Gasteiger partial charge < -0.3 is 0 Å². The maximum absolute atomic E-state index is 12.0. The van der Waals surface area contributed by atoms with Crippen LogP contribution < -0.4 is 0 Å². The molecule has 0 saturated heterocycles. The molecule has 0 N–H and O–H groups in total. The Morgan fingerprint density at radius 2 is 1.53 bits per heavy atom. The summed E-state index contributed by atoms with van der Waals surface area (Å²) in [5.74, 6) is 0. The van der Waals surface area contributed by atoms with Gasteiger partial charge in [-0.25, -0.2) is 0 Å². The second kappa shape index (κ2) is 4.78. The van der Waals surface area contributed by atoms with Crippen LogP contribution in [0.4, 0.5) is 0 Å². The zero-order chi connectivity index (χ0) is 13.3. The van der Waals surface area contributed by atoms with Crippen LogP contribution in [-0.2, 0) is 14.3 Å². The molecule has 3 nitrogen and oxygen atoms in total. The Bertz CT molecular complexity index is 476. The smallest absolute Gasteiger partial charge is 0.266 e. The number of rotatable bonds is 3. The average Bonchev–Trinajstić information content (AvgIpc) is 2.12. The quantitative estimate of drug-likeness (QED) is 0.781. The topological polar surface area (TPSA) is 43.4 Å². The summed E-state index contributed by atoms with van der Waals surface area (Å²) in [6, 6.07) is 5.19. The summed E-state index contributed by atoms with van der Waals surface area (Å²) in [4.78, 5) is 0.235. The van der Waals surface area contributed by atoms with Gasteiger partial charge in [-0.3, -0.25) is 4.18 Å². The van der Waals surface area contributed by atoms with Crippen molar-refractivity contribution in [2.24, 2.45) is 5.41 Å². The molecule has 0 amide bonds. The summed E-state index contributed by atoms with van der Waals surface area (Å²) >= 11 is 0. The van der Waals surface area contributed by atoms with E-state index in [2.05, 4.69) is 0 Å². The van der Waals surface area contributed by atoms with Crippen LogP contribution in [0.15, 0.2) is 23.1 Å². The second-order valence-electron chi connectivity index (χ2n) is 5.60. The average molecular weight is 256 g/mol. The first-order chi connectivity index (χ1) is 7.60. The fourth-order valence-corrected chi connectivity index (χ4v) is 2.70. The first-order valence-electron chi connectivity index (χ1n) is 5.58. The molecule has 0 atom stereocenters. The van der Waals surface area contributed by atoms with Crippen molar-refractivity contribution in [3.05, 3.63) is 29.3 Å². The highest BCUT2D eigenvalue weighted by Gasteiger charge is 2.20. The third-order valence-electron chi connectivity index (χ3n) is 2.13. The summed E-state index contributed by atoms with van der Waals surface area (Å²) in [6.07, 6.45) is 0. The molecule has 1 rings (SSSR count). The van der Waals surface area contributed by atoms with E-state index in [0.717, 1.165) is 11.1 Å². The Hall–Kier alpha value is -0.870. The highest BCUT2D eigenvalue weighted by atomic mass is 32.2. The van der Waals surface area contributed by atoms with Crippen molar-refractivity contribution in [2.45, 2.75) is 39.5 Å². The Morgan fingerprint density at radius 3 is 1.94 bits per heavy atom. The molecule has 4 heteroatoms. The van der Waals surface area contributed by atoms with Crippen LogP contribution in [0.3, 0.4) is 0 Å². The summed E-state index contributed by atoms with van der Waals surface area (Å²) in [5, 5.41) is 0. The number of aryl methyl sites for hydroxylation is 2. The second-order valence-corrected chi connectivity index (χ2v) is 7.22. The standard InChI is InChI=1S/C13H20O3S/c1-10-6-11(2)8-12(7-10)17(14,15)16-9-13(3,4)5/h6-8H,9H2,1-5H3. The fraction of sp³-hybridized carbons (Fsp3) is 0.538. The molecule has 0 fully saturated rings. The van der Waals surface area contributed by atoms with Gasteiger partial charge in [0, 0.05) is 0 Å². The van der Waals surface area contributed by atoms with Gasteiger partial charge >= 0.3 is 0 Å². The zero-order valence-corrected chi connectivity index (χ0v) is 11.9. The normalized spacial score (nSPS) is 12.8. The molecule has 1 aromatic carbocycles. The minimum Gasteiger partial charge on any atom is -0.266 e. The number of benzene rings is 1. The van der Waals surface area contributed by atoms with E-state index in [0.29, 0.717) is 0 Å². The van der Waals surface area contributed by atoms with Gasteiger partial charge in [-0.1, -0.05) is 26.8 Å². The highest BCUT2D eigenvalue weighted by Crippen LogP contribution is 2.20. The van der Waals surface area contributed by atoms with Crippen LogP contribution >= 0.6 is 0 Å². The maximum atomic E-state index is 12.0. The minimum atomic E-state index is -3.64. The molecule has 0 saturated carbocycles. The molecule has 0 spiro atoms. The maximum Gasteiger partial charge on any atom is 0.297 e. The molecular weight excluding hydrogens is 236 g/mol. The Kier molecular flexibility index (Phi) is 3.99. The molecule has 96 valence electrons. The first-order valence-corrected chi connectivity index (χ1v) is 6.99. The van der Waals surface area contributed by atoms with Gasteiger partial charge in [-0.15, -0.1) is 0 Å². The van der Waals surface area contributed by atoms with Crippen LogP contribution in [0.2, 0.25) is 0 Å². The summed E-state index contributed by atoms with van der Waals surface area (Å²) in [7, 11) is -3.64. The lowest BCUT2D eigenvalue weighted by Gasteiger charge is -2.17. The first kappa shape index (κ1) is 14.2. The Balaban J connectivity index is 2.98. The van der Waals surface area contributed by atoms with Crippen LogP contribution in [0.5, 0.6) is 0 Å². The van der Waals surface area contributed by atoms with E-state index >= 15 is 0 Å². The molecule has 0 bridgehead atoms. The zero-order valence-electron chi connectivity index (χ0n) is 11.1. The lowest BCUT2D eigenvalue weighted by atomic mass is 9.99.